The summed E-state index contributed by atoms with van der Waals surface area (Å²) in [7, 11) is 0. The van der Waals surface area contributed by atoms with Crippen LogP contribution in [-0.2, 0) is 4.79 Å². The number of hydrogen-bond acceptors (Lipinski definition) is 3. The normalized spacial score (nSPS) is 17.3. The molecule has 1 saturated carbocycles. The quantitative estimate of drug-likeness (QED) is 0.252. The monoisotopic (exact) mass is 363 g/mol. The molecule has 2 rings (SSSR count). The van der Waals surface area contributed by atoms with Crippen molar-refractivity contribution in [3.8, 4) is 0 Å². The lowest BCUT2D eigenvalue weighted by Gasteiger charge is -2.14. The molecule has 1 aliphatic carbocycles. The van der Waals surface area contributed by atoms with Crippen LogP contribution in [0.4, 0.5) is 10.1 Å². The molecule has 4 N–H and O–H groups in total. The smallest absolute Gasteiger partial charge is 0.238 e. The zero-order chi connectivity index (χ0) is 13.3. The Morgan fingerprint density at radius 3 is 2.72 bits per heavy atom. The fourth-order valence-corrected chi connectivity index (χ4v) is 2.27. The second-order valence-corrected chi connectivity index (χ2v) is 5.31. The molecule has 0 heterocycles. The molecule has 0 saturated heterocycles. The molecule has 0 aliphatic heterocycles. The number of nitrogens with one attached hydrogen (secondary N) is 1. The highest BCUT2D eigenvalue weighted by Crippen LogP contribution is 2.46. The van der Waals surface area contributed by atoms with Crippen LogP contribution in [-0.4, -0.2) is 17.0 Å². The molecule has 0 atom stereocenters. The van der Waals surface area contributed by atoms with Gasteiger partial charge in [0.05, 0.1) is 5.69 Å². The molecule has 1 aromatic rings. The number of carbonyl (C=O) groups excluding carboxylic acids is 1. The van der Waals surface area contributed by atoms with Crippen molar-refractivity contribution in [3.63, 3.8) is 0 Å². The van der Waals surface area contributed by atoms with E-state index < -0.39 is 5.41 Å². The highest BCUT2D eigenvalue weighted by molar-refractivity contribution is 14.1. The van der Waals surface area contributed by atoms with Gasteiger partial charge in [0.15, 0.2) is 5.84 Å². The number of oxime groups is 1. The minimum Gasteiger partial charge on any atom is -0.409 e. The van der Waals surface area contributed by atoms with Crippen LogP contribution in [0.5, 0.6) is 0 Å². The predicted octanol–water partition coefficient (Wildman–Crippen LogP) is 1.90. The van der Waals surface area contributed by atoms with Crippen molar-refractivity contribution < 1.29 is 14.4 Å². The molecule has 0 aromatic heterocycles. The van der Waals surface area contributed by atoms with Gasteiger partial charge in [-0.2, -0.15) is 0 Å². The third-order valence-electron chi connectivity index (χ3n) is 2.96. The summed E-state index contributed by atoms with van der Waals surface area (Å²) >= 11 is 1.93. The van der Waals surface area contributed by atoms with E-state index in [1.54, 1.807) is 0 Å². The number of anilines is 1. The van der Waals surface area contributed by atoms with Crippen molar-refractivity contribution in [3.05, 3.63) is 27.6 Å². The van der Waals surface area contributed by atoms with E-state index in [2.05, 4.69) is 10.5 Å². The molecule has 5 nitrogen and oxygen atoms in total. The van der Waals surface area contributed by atoms with E-state index in [9.17, 15) is 9.18 Å². The van der Waals surface area contributed by atoms with E-state index in [4.69, 9.17) is 10.9 Å². The van der Waals surface area contributed by atoms with Gasteiger partial charge in [-0.05, 0) is 53.6 Å². The van der Waals surface area contributed by atoms with Crippen LogP contribution in [0.2, 0.25) is 0 Å². The summed E-state index contributed by atoms with van der Waals surface area (Å²) in [6, 6.07) is 4.07. The van der Waals surface area contributed by atoms with Gasteiger partial charge in [-0.3, -0.25) is 4.79 Å². The van der Waals surface area contributed by atoms with Crippen molar-refractivity contribution in [2.45, 2.75) is 12.8 Å². The summed E-state index contributed by atoms with van der Waals surface area (Å²) in [4.78, 5) is 12.1. The van der Waals surface area contributed by atoms with Gasteiger partial charge in [0.2, 0.25) is 5.91 Å². The third kappa shape index (κ3) is 2.26. The molecule has 1 aromatic carbocycles. The van der Waals surface area contributed by atoms with Crippen molar-refractivity contribution >= 4 is 40.0 Å². The second kappa shape index (κ2) is 4.71. The van der Waals surface area contributed by atoms with Crippen LogP contribution in [0.15, 0.2) is 23.4 Å². The van der Waals surface area contributed by atoms with E-state index in [0.717, 1.165) is 0 Å². The minimum absolute atomic E-state index is 0.0860. The maximum Gasteiger partial charge on any atom is 0.238 e. The minimum atomic E-state index is -0.910. The largest absolute Gasteiger partial charge is 0.409 e. The van der Waals surface area contributed by atoms with E-state index in [0.29, 0.717) is 22.1 Å². The maximum absolute atomic E-state index is 12.9. The van der Waals surface area contributed by atoms with Crippen molar-refractivity contribution in [2.24, 2.45) is 16.3 Å². The summed E-state index contributed by atoms with van der Waals surface area (Å²) in [5.74, 6) is -0.783. The molecule has 1 aliphatic rings. The van der Waals surface area contributed by atoms with Crippen LogP contribution in [0.3, 0.4) is 0 Å². The average molecular weight is 363 g/mol. The first-order valence-corrected chi connectivity index (χ1v) is 6.32. The standard InChI is InChI=1S/C11H11FIN3O2/c12-6-1-2-8(7(13)5-6)15-10(17)11(3-4-11)9(14)16-18/h1-2,5,18H,3-4H2,(H2,14,16)(H,15,17). The number of halogens is 2. The predicted molar refractivity (Wildman–Crippen MR) is 72.8 cm³/mol. The van der Waals surface area contributed by atoms with Gasteiger partial charge in [-0.25, -0.2) is 4.39 Å². The average Bonchev–Trinajstić information content (AvgIpc) is 3.13. The summed E-state index contributed by atoms with van der Waals surface area (Å²) in [6.45, 7) is 0. The fraction of sp³-hybridized carbons (Fsp3) is 0.273. The Morgan fingerprint density at radius 1 is 1.56 bits per heavy atom. The van der Waals surface area contributed by atoms with Crippen LogP contribution in [0.1, 0.15) is 12.8 Å². The Kier molecular flexibility index (Phi) is 3.42. The van der Waals surface area contributed by atoms with Gasteiger partial charge in [-0.15, -0.1) is 0 Å². The topological polar surface area (TPSA) is 87.7 Å². The Labute approximate surface area is 116 Å². The molecule has 0 spiro atoms. The molecule has 7 heteroatoms. The van der Waals surface area contributed by atoms with Crippen LogP contribution in [0.25, 0.3) is 0 Å². The summed E-state index contributed by atoms with van der Waals surface area (Å²) in [6.07, 6.45) is 1.10. The number of amidine groups is 1. The molecular formula is C11H11FIN3O2. The molecule has 0 unspecified atom stereocenters. The molecule has 18 heavy (non-hydrogen) atoms. The van der Waals surface area contributed by atoms with Crippen molar-refractivity contribution in [2.75, 3.05) is 5.32 Å². The molecule has 1 amide bonds. The van der Waals surface area contributed by atoms with Gasteiger partial charge >= 0.3 is 0 Å². The van der Waals surface area contributed by atoms with Crippen LogP contribution >= 0.6 is 22.6 Å². The van der Waals surface area contributed by atoms with Crippen molar-refractivity contribution in [1.82, 2.24) is 0 Å². The SMILES string of the molecule is N/C(=N/O)C1(C(=O)Nc2ccc(F)cc2I)CC1. The second-order valence-electron chi connectivity index (χ2n) is 4.15. The highest BCUT2D eigenvalue weighted by atomic mass is 127. The lowest BCUT2D eigenvalue weighted by atomic mass is 10.1. The Balaban J connectivity index is 2.18. The molecular weight excluding hydrogens is 352 g/mol. The highest BCUT2D eigenvalue weighted by Gasteiger charge is 2.54. The first kappa shape index (κ1) is 13.1. The summed E-state index contributed by atoms with van der Waals surface area (Å²) in [5.41, 5.74) is 5.11. The van der Waals surface area contributed by atoms with E-state index in [1.165, 1.54) is 18.2 Å². The number of benzene rings is 1. The third-order valence-corrected chi connectivity index (χ3v) is 3.85. The number of rotatable bonds is 3. The molecule has 1 fully saturated rings. The first-order chi connectivity index (χ1) is 8.49. The summed E-state index contributed by atoms with van der Waals surface area (Å²) in [5, 5.41) is 14.2. The van der Waals surface area contributed by atoms with E-state index in [-0.39, 0.29) is 17.6 Å². The van der Waals surface area contributed by atoms with Gasteiger partial charge in [0, 0.05) is 3.57 Å². The number of nitrogens with two attached hydrogens (primary N) is 1. The Hall–Kier alpha value is -1.38. The number of carbonyl (C=O) groups is 1. The van der Waals surface area contributed by atoms with Gasteiger partial charge < -0.3 is 16.3 Å². The Morgan fingerprint density at radius 2 is 2.22 bits per heavy atom. The zero-order valence-corrected chi connectivity index (χ0v) is 11.4. The number of nitrogens with zero attached hydrogens (tertiary/aromatic N) is 1. The molecule has 96 valence electrons. The fourth-order valence-electron chi connectivity index (χ4n) is 1.65. The number of amides is 1. The van der Waals surface area contributed by atoms with Gasteiger partial charge in [-0.1, -0.05) is 5.16 Å². The number of hydrogen-bond donors (Lipinski definition) is 3. The zero-order valence-electron chi connectivity index (χ0n) is 9.28. The van der Waals surface area contributed by atoms with Crippen molar-refractivity contribution in [1.29, 1.82) is 0 Å². The molecule has 0 radical (unpaired) electrons. The van der Waals surface area contributed by atoms with E-state index >= 15 is 0 Å². The van der Waals surface area contributed by atoms with Crippen LogP contribution in [0, 0.1) is 14.8 Å². The van der Waals surface area contributed by atoms with Gasteiger partial charge in [0.1, 0.15) is 11.2 Å². The van der Waals surface area contributed by atoms with Gasteiger partial charge in [0.25, 0.3) is 0 Å². The molecule has 0 bridgehead atoms. The van der Waals surface area contributed by atoms with E-state index in [1.807, 2.05) is 22.6 Å². The maximum atomic E-state index is 12.9. The lowest BCUT2D eigenvalue weighted by Crippen LogP contribution is -2.36. The lowest BCUT2D eigenvalue weighted by molar-refractivity contribution is -0.119. The first-order valence-electron chi connectivity index (χ1n) is 5.24. The summed E-state index contributed by atoms with van der Waals surface area (Å²) < 4.78 is 13.5. The van der Waals surface area contributed by atoms with Crippen LogP contribution < -0.4 is 11.1 Å². The Bertz CT molecular complexity index is 529.